The van der Waals surface area contributed by atoms with E-state index in [9.17, 15) is 27.2 Å². The van der Waals surface area contributed by atoms with Crippen LogP contribution in [-0.2, 0) is 12.7 Å². The molecule has 0 aliphatic heterocycles. The third-order valence-corrected chi connectivity index (χ3v) is 5.65. The molecule has 0 aliphatic carbocycles. The van der Waals surface area contributed by atoms with Gasteiger partial charge in [0.25, 0.3) is 11.1 Å². The van der Waals surface area contributed by atoms with E-state index in [0.29, 0.717) is 18.2 Å². The molecule has 1 aromatic carbocycles. The summed E-state index contributed by atoms with van der Waals surface area (Å²) < 4.78 is 55.4. The minimum Gasteiger partial charge on any atom is -0.383 e. The standard InChI is InChI=1S/C22H18ClF4N7O2/c23-14-9-30-19(32-18(14)28)13-7-11-3-6-34(21(36)12(11)8-15(13)24)5-2-1-4-29-16-10-31-33-20(35)17(16)22(25,26)27/h3,6-10H,1-2,4-5H2,(H2,28,30,32)(H2,29,33,35). The second kappa shape index (κ2) is 9.93. The molecule has 0 saturated heterocycles. The fourth-order valence-electron chi connectivity index (χ4n) is 3.61. The van der Waals surface area contributed by atoms with Crippen molar-refractivity contribution in [2.24, 2.45) is 0 Å². The average molecular weight is 524 g/mol. The van der Waals surface area contributed by atoms with Crippen molar-refractivity contribution in [1.29, 1.82) is 0 Å². The number of rotatable bonds is 7. The molecular weight excluding hydrogens is 506 g/mol. The fraction of sp³-hybridized carbons (Fsp3) is 0.227. The number of aromatic amines is 1. The van der Waals surface area contributed by atoms with Crippen molar-refractivity contribution in [3.63, 3.8) is 0 Å². The summed E-state index contributed by atoms with van der Waals surface area (Å²) in [6, 6.07) is 4.17. The number of hydrogen-bond donors (Lipinski definition) is 3. The Morgan fingerprint density at radius 3 is 2.67 bits per heavy atom. The van der Waals surface area contributed by atoms with Crippen molar-refractivity contribution < 1.29 is 17.6 Å². The Kier molecular flexibility index (Phi) is 6.93. The quantitative estimate of drug-likeness (QED) is 0.248. The molecule has 0 amide bonds. The van der Waals surface area contributed by atoms with Gasteiger partial charge in [-0.15, -0.1) is 0 Å². The van der Waals surface area contributed by atoms with Crippen LogP contribution in [0.25, 0.3) is 22.2 Å². The number of hydrogen-bond acceptors (Lipinski definition) is 7. The largest absolute Gasteiger partial charge is 0.423 e. The summed E-state index contributed by atoms with van der Waals surface area (Å²) in [5, 5.41) is 8.45. The Balaban J connectivity index is 1.45. The summed E-state index contributed by atoms with van der Waals surface area (Å²) in [6.07, 6.45) is -0.333. The van der Waals surface area contributed by atoms with Gasteiger partial charge in [0.2, 0.25) is 0 Å². The van der Waals surface area contributed by atoms with Gasteiger partial charge in [-0.3, -0.25) is 9.59 Å². The third kappa shape index (κ3) is 5.15. The normalized spacial score (nSPS) is 11.7. The van der Waals surface area contributed by atoms with Crippen LogP contribution in [0, 0.1) is 5.82 Å². The van der Waals surface area contributed by atoms with Crippen LogP contribution in [0.4, 0.5) is 29.1 Å². The molecule has 0 aliphatic rings. The van der Waals surface area contributed by atoms with Crippen molar-refractivity contribution in [2.45, 2.75) is 25.6 Å². The number of pyridine rings is 1. The number of anilines is 2. The van der Waals surface area contributed by atoms with E-state index in [1.165, 1.54) is 16.8 Å². The Labute approximate surface area is 205 Å². The first-order valence-corrected chi connectivity index (χ1v) is 10.9. The van der Waals surface area contributed by atoms with E-state index < -0.39 is 34.4 Å². The van der Waals surface area contributed by atoms with E-state index in [1.54, 1.807) is 17.4 Å². The second-order valence-corrected chi connectivity index (χ2v) is 8.19. The molecule has 4 N–H and O–H groups in total. The maximum Gasteiger partial charge on any atom is 0.423 e. The molecule has 3 heterocycles. The number of benzene rings is 1. The molecule has 9 nitrogen and oxygen atoms in total. The van der Waals surface area contributed by atoms with Gasteiger partial charge < -0.3 is 15.6 Å². The van der Waals surface area contributed by atoms with Gasteiger partial charge >= 0.3 is 6.18 Å². The highest BCUT2D eigenvalue weighted by Gasteiger charge is 2.37. The summed E-state index contributed by atoms with van der Waals surface area (Å²) in [7, 11) is 0. The molecule has 3 aromatic heterocycles. The highest BCUT2D eigenvalue weighted by Crippen LogP contribution is 2.31. The van der Waals surface area contributed by atoms with Crippen molar-refractivity contribution in [2.75, 3.05) is 17.6 Å². The highest BCUT2D eigenvalue weighted by atomic mass is 35.5. The van der Waals surface area contributed by atoms with Crippen molar-refractivity contribution in [3.05, 3.63) is 73.9 Å². The van der Waals surface area contributed by atoms with E-state index in [-0.39, 0.29) is 40.7 Å². The minimum absolute atomic E-state index is 0.00368. The van der Waals surface area contributed by atoms with Crippen molar-refractivity contribution in [1.82, 2.24) is 24.7 Å². The van der Waals surface area contributed by atoms with Gasteiger partial charge in [-0.05, 0) is 36.4 Å². The molecule has 36 heavy (non-hydrogen) atoms. The number of nitrogens with one attached hydrogen (secondary N) is 2. The summed E-state index contributed by atoms with van der Waals surface area (Å²) >= 11 is 5.81. The van der Waals surface area contributed by atoms with Gasteiger partial charge in [0.05, 0.1) is 29.0 Å². The van der Waals surface area contributed by atoms with Crippen LogP contribution >= 0.6 is 11.6 Å². The molecule has 0 unspecified atom stereocenters. The van der Waals surface area contributed by atoms with E-state index in [0.717, 1.165) is 12.3 Å². The van der Waals surface area contributed by atoms with Crippen molar-refractivity contribution >= 4 is 33.9 Å². The number of fused-ring (bicyclic) bond motifs is 1. The van der Waals surface area contributed by atoms with Crippen LogP contribution in [0.5, 0.6) is 0 Å². The van der Waals surface area contributed by atoms with Crippen LogP contribution in [0.15, 0.2) is 46.4 Å². The van der Waals surface area contributed by atoms with Crippen LogP contribution in [0.1, 0.15) is 18.4 Å². The maximum atomic E-state index is 14.8. The van der Waals surface area contributed by atoms with Crippen molar-refractivity contribution in [3.8, 4) is 11.4 Å². The zero-order valence-corrected chi connectivity index (χ0v) is 19.1. The smallest absolute Gasteiger partial charge is 0.383 e. The van der Waals surface area contributed by atoms with E-state index in [4.69, 9.17) is 17.3 Å². The van der Waals surface area contributed by atoms with Gasteiger partial charge in [0, 0.05) is 19.3 Å². The predicted octanol–water partition coefficient (Wildman–Crippen LogP) is 3.83. The number of unbranched alkanes of at least 4 members (excludes halogenated alkanes) is 1. The number of alkyl halides is 3. The number of nitrogen functional groups attached to an aromatic ring is 1. The maximum absolute atomic E-state index is 14.8. The number of aryl methyl sites for hydroxylation is 1. The number of aromatic nitrogens is 5. The number of nitrogens with two attached hydrogens (primary N) is 1. The lowest BCUT2D eigenvalue weighted by Gasteiger charge is -2.13. The lowest BCUT2D eigenvalue weighted by molar-refractivity contribution is -0.138. The number of H-pyrrole nitrogens is 1. The Morgan fingerprint density at radius 2 is 1.94 bits per heavy atom. The third-order valence-electron chi connectivity index (χ3n) is 5.36. The first-order chi connectivity index (χ1) is 17.1. The van der Waals surface area contributed by atoms with Crippen LogP contribution in [-0.4, -0.2) is 31.3 Å². The first kappa shape index (κ1) is 25.1. The molecule has 14 heteroatoms. The van der Waals surface area contributed by atoms with Gasteiger partial charge in [0.15, 0.2) is 5.82 Å². The molecule has 4 rings (SSSR count). The molecule has 0 bridgehead atoms. The fourth-order valence-corrected chi connectivity index (χ4v) is 3.70. The van der Waals surface area contributed by atoms with Crippen LogP contribution in [0.3, 0.4) is 0 Å². The first-order valence-electron chi connectivity index (χ1n) is 10.6. The Hall–Kier alpha value is -4.00. The van der Waals surface area contributed by atoms with Gasteiger partial charge in [0.1, 0.15) is 22.2 Å². The molecule has 0 saturated carbocycles. The summed E-state index contributed by atoms with van der Waals surface area (Å²) in [6.45, 7) is 0.356. The van der Waals surface area contributed by atoms with E-state index in [2.05, 4.69) is 20.4 Å². The predicted molar refractivity (Wildman–Crippen MR) is 126 cm³/mol. The Morgan fingerprint density at radius 1 is 1.17 bits per heavy atom. The zero-order chi connectivity index (χ0) is 26.0. The SMILES string of the molecule is Nc1nc(-c2cc3ccn(CCCCNc4cn[nH]c(=O)c4C(F)(F)F)c(=O)c3cc2F)ncc1Cl. The molecule has 188 valence electrons. The second-order valence-electron chi connectivity index (χ2n) is 7.78. The summed E-state index contributed by atoms with van der Waals surface area (Å²) in [4.78, 5) is 32.3. The zero-order valence-electron chi connectivity index (χ0n) is 18.4. The summed E-state index contributed by atoms with van der Waals surface area (Å²) in [5.41, 5.74) is 2.18. The molecule has 0 atom stereocenters. The number of halogens is 5. The van der Waals surface area contributed by atoms with E-state index >= 15 is 0 Å². The van der Waals surface area contributed by atoms with E-state index in [1.807, 2.05) is 0 Å². The molecule has 4 aromatic rings. The van der Waals surface area contributed by atoms with Gasteiger partial charge in [-0.25, -0.2) is 19.5 Å². The Bertz CT molecular complexity index is 1550. The monoisotopic (exact) mass is 523 g/mol. The molecule has 0 radical (unpaired) electrons. The van der Waals surface area contributed by atoms with Gasteiger partial charge in [-0.1, -0.05) is 11.6 Å². The van der Waals surface area contributed by atoms with Gasteiger partial charge in [-0.2, -0.15) is 18.3 Å². The average Bonchev–Trinajstić information content (AvgIpc) is 2.81. The van der Waals surface area contributed by atoms with Crippen LogP contribution < -0.4 is 22.2 Å². The molecule has 0 fully saturated rings. The van der Waals surface area contributed by atoms with Crippen LogP contribution in [0.2, 0.25) is 5.02 Å². The lowest BCUT2D eigenvalue weighted by Crippen LogP contribution is -2.25. The lowest BCUT2D eigenvalue weighted by atomic mass is 10.1. The molecular formula is C22H18ClF4N7O2. The highest BCUT2D eigenvalue weighted by molar-refractivity contribution is 6.32. The number of nitrogens with zero attached hydrogens (tertiary/aromatic N) is 4. The molecule has 0 spiro atoms. The summed E-state index contributed by atoms with van der Waals surface area (Å²) in [5.74, 6) is -0.691. The minimum atomic E-state index is -4.83. The topological polar surface area (TPSA) is 132 Å².